The van der Waals surface area contributed by atoms with Crippen LogP contribution in [0, 0.1) is 6.92 Å². The van der Waals surface area contributed by atoms with Crippen LogP contribution in [0.25, 0.3) is 0 Å². The van der Waals surface area contributed by atoms with E-state index in [0.29, 0.717) is 27.7 Å². The maximum Gasteiger partial charge on any atom is 0.316 e. The van der Waals surface area contributed by atoms with Gasteiger partial charge in [0, 0.05) is 5.56 Å². The molecular weight excluding hydrogens is 354 g/mol. The van der Waals surface area contributed by atoms with Crippen LogP contribution in [0.15, 0.2) is 36.9 Å². The van der Waals surface area contributed by atoms with Gasteiger partial charge in [-0.05, 0) is 39.8 Å². The topological polar surface area (TPSA) is 84.2 Å². The van der Waals surface area contributed by atoms with Gasteiger partial charge >= 0.3 is 5.97 Å². The third kappa shape index (κ3) is 3.80. The van der Waals surface area contributed by atoms with Gasteiger partial charge in [0.2, 0.25) is 0 Å². The molecule has 1 heterocycles. The zero-order chi connectivity index (χ0) is 19.6. The Kier molecular flexibility index (Phi) is 5.56. The first-order valence-electron chi connectivity index (χ1n) is 8.09. The fraction of sp³-hybridized carbons (Fsp3) is 0.316. The zero-order valence-corrected chi connectivity index (χ0v) is 16.0. The summed E-state index contributed by atoms with van der Waals surface area (Å²) in [4.78, 5) is 24.2. The average molecular weight is 376 g/mol. The van der Waals surface area contributed by atoms with E-state index in [1.54, 1.807) is 35.9 Å². The summed E-state index contributed by atoms with van der Waals surface area (Å²) in [6.45, 7) is 11.1. The summed E-state index contributed by atoms with van der Waals surface area (Å²) in [7, 11) is 0. The van der Waals surface area contributed by atoms with Crippen molar-refractivity contribution in [2.45, 2.75) is 39.2 Å². The maximum absolute atomic E-state index is 12.7. The summed E-state index contributed by atoms with van der Waals surface area (Å²) in [5.74, 6) is -1.97. The van der Waals surface area contributed by atoms with Crippen molar-refractivity contribution in [3.05, 3.63) is 58.8 Å². The summed E-state index contributed by atoms with van der Waals surface area (Å²) in [6.07, 6.45) is 1.32. The van der Waals surface area contributed by atoms with Gasteiger partial charge in [-0.3, -0.25) is 9.59 Å². The highest BCUT2D eigenvalue weighted by Gasteiger charge is 2.30. The van der Waals surface area contributed by atoms with Gasteiger partial charge in [-0.1, -0.05) is 29.8 Å². The Labute approximate surface area is 157 Å². The number of rotatable bonds is 5. The molecule has 1 aromatic heterocycles. The number of aromatic nitrogens is 2. The quantitative estimate of drug-likeness (QED) is 0.767. The normalized spacial score (nSPS) is 12.5. The van der Waals surface area contributed by atoms with Crippen molar-refractivity contribution < 1.29 is 14.7 Å². The molecule has 0 fully saturated rings. The second-order valence-corrected chi connectivity index (χ2v) is 7.33. The number of benzene rings is 1. The Morgan fingerprint density at radius 1 is 1.35 bits per heavy atom. The number of carbonyl (C=O) groups excluding carboxylic acids is 1. The summed E-state index contributed by atoms with van der Waals surface area (Å²) in [5, 5.41) is 17.0. The highest BCUT2D eigenvalue weighted by Crippen LogP contribution is 2.31. The van der Waals surface area contributed by atoms with Crippen LogP contribution in [0.5, 0.6) is 0 Å². The number of aliphatic carboxylic acids is 1. The van der Waals surface area contributed by atoms with E-state index in [-0.39, 0.29) is 5.91 Å². The number of carboxylic acids is 1. The molecule has 0 aliphatic carbocycles. The minimum Gasteiger partial charge on any atom is -0.481 e. The number of amides is 1. The average Bonchev–Trinajstić information content (AvgIpc) is 2.85. The van der Waals surface area contributed by atoms with Crippen LogP contribution in [-0.4, -0.2) is 26.8 Å². The number of hydrogen-bond donors (Lipinski definition) is 2. The van der Waals surface area contributed by atoms with Crippen molar-refractivity contribution in [3.63, 3.8) is 0 Å². The maximum atomic E-state index is 12.7. The molecular formula is C19H22ClN3O3. The highest BCUT2D eigenvalue weighted by molar-refractivity contribution is 6.34. The van der Waals surface area contributed by atoms with Crippen molar-refractivity contribution in [3.8, 4) is 0 Å². The van der Waals surface area contributed by atoms with Crippen LogP contribution in [0.4, 0.5) is 5.82 Å². The summed E-state index contributed by atoms with van der Waals surface area (Å²) < 4.78 is 1.62. The molecule has 0 saturated heterocycles. The van der Waals surface area contributed by atoms with E-state index in [1.165, 1.54) is 6.08 Å². The lowest BCUT2D eigenvalue weighted by Gasteiger charge is -2.23. The molecule has 2 aromatic rings. The number of hydrogen-bond acceptors (Lipinski definition) is 3. The van der Waals surface area contributed by atoms with Gasteiger partial charge in [0.05, 0.1) is 21.8 Å². The molecule has 1 atom stereocenters. The molecule has 1 aromatic carbocycles. The first-order valence-corrected chi connectivity index (χ1v) is 8.47. The molecule has 7 heteroatoms. The fourth-order valence-corrected chi connectivity index (χ4v) is 2.81. The lowest BCUT2D eigenvalue weighted by atomic mass is 10.0. The molecule has 26 heavy (non-hydrogen) atoms. The van der Waals surface area contributed by atoms with Crippen molar-refractivity contribution in [2.75, 3.05) is 5.32 Å². The number of halogens is 1. The van der Waals surface area contributed by atoms with Gasteiger partial charge in [-0.2, -0.15) is 5.10 Å². The molecule has 0 aliphatic rings. The highest BCUT2D eigenvalue weighted by atomic mass is 35.5. The first-order chi connectivity index (χ1) is 12.1. The van der Waals surface area contributed by atoms with Gasteiger partial charge < -0.3 is 10.4 Å². The molecule has 1 unspecified atom stereocenters. The second-order valence-electron chi connectivity index (χ2n) is 6.93. The predicted molar refractivity (Wildman–Crippen MR) is 102 cm³/mol. The summed E-state index contributed by atoms with van der Waals surface area (Å²) in [5.41, 5.74) is 0.774. The van der Waals surface area contributed by atoms with Crippen LogP contribution in [-0.2, 0) is 10.3 Å². The number of carbonyl (C=O) groups is 2. The standard InChI is InChI=1S/C19H22ClN3O3/c1-6-12(18(25)26)15-11(2)16(23(22-15)19(3,4)5)21-17(24)13-9-7-8-10-14(13)20/h6-10,12H,1H2,2-5H3,(H,21,24)(H,25,26). The van der Waals surface area contributed by atoms with E-state index < -0.39 is 17.4 Å². The Morgan fingerprint density at radius 2 is 1.96 bits per heavy atom. The molecule has 0 spiro atoms. The van der Waals surface area contributed by atoms with E-state index >= 15 is 0 Å². The van der Waals surface area contributed by atoms with E-state index in [2.05, 4.69) is 17.0 Å². The third-order valence-electron chi connectivity index (χ3n) is 3.94. The Morgan fingerprint density at radius 3 is 2.46 bits per heavy atom. The molecule has 0 aliphatic heterocycles. The Hall–Kier alpha value is -2.60. The van der Waals surface area contributed by atoms with Crippen LogP contribution >= 0.6 is 11.6 Å². The Balaban J connectivity index is 2.55. The minimum absolute atomic E-state index is 0.329. The number of anilines is 1. The predicted octanol–water partition coefficient (Wildman–Crippen LogP) is 4.21. The molecule has 2 N–H and O–H groups in total. The second kappa shape index (κ2) is 7.33. The van der Waals surface area contributed by atoms with Gasteiger partial charge in [0.25, 0.3) is 5.91 Å². The molecule has 6 nitrogen and oxygen atoms in total. The fourth-order valence-electron chi connectivity index (χ4n) is 2.59. The SMILES string of the molecule is C=CC(C(=O)O)c1nn(C(C)(C)C)c(NC(=O)c2ccccc2Cl)c1C. The van der Waals surface area contributed by atoms with E-state index in [9.17, 15) is 14.7 Å². The molecule has 2 rings (SSSR count). The van der Waals surface area contributed by atoms with Gasteiger partial charge in [0.15, 0.2) is 0 Å². The molecule has 0 bridgehead atoms. The lowest BCUT2D eigenvalue weighted by Crippen LogP contribution is -2.27. The molecule has 138 valence electrons. The van der Waals surface area contributed by atoms with E-state index in [1.807, 2.05) is 20.8 Å². The van der Waals surface area contributed by atoms with E-state index in [0.717, 1.165) is 0 Å². The van der Waals surface area contributed by atoms with Crippen molar-refractivity contribution in [1.82, 2.24) is 9.78 Å². The van der Waals surface area contributed by atoms with Crippen molar-refractivity contribution in [2.24, 2.45) is 0 Å². The zero-order valence-electron chi connectivity index (χ0n) is 15.2. The Bertz CT molecular complexity index is 865. The number of carboxylic acid groups (broad SMARTS) is 1. The van der Waals surface area contributed by atoms with Gasteiger partial charge in [0.1, 0.15) is 11.7 Å². The smallest absolute Gasteiger partial charge is 0.316 e. The van der Waals surface area contributed by atoms with Crippen LogP contribution < -0.4 is 5.32 Å². The van der Waals surface area contributed by atoms with Crippen LogP contribution in [0.1, 0.15) is 48.3 Å². The molecule has 0 saturated carbocycles. The van der Waals surface area contributed by atoms with E-state index in [4.69, 9.17) is 11.6 Å². The van der Waals surface area contributed by atoms with Crippen LogP contribution in [0.3, 0.4) is 0 Å². The first kappa shape index (κ1) is 19.7. The summed E-state index contributed by atoms with van der Waals surface area (Å²) >= 11 is 6.10. The van der Waals surface area contributed by atoms with Crippen molar-refractivity contribution >= 4 is 29.3 Å². The number of nitrogens with zero attached hydrogens (tertiary/aromatic N) is 2. The molecule has 0 radical (unpaired) electrons. The van der Waals surface area contributed by atoms with Gasteiger partial charge in [-0.15, -0.1) is 6.58 Å². The van der Waals surface area contributed by atoms with Crippen molar-refractivity contribution in [1.29, 1.82) is 0 Å². The third-order valence-corrected chi connectivity index (χ3v) is 4.27. The number of nitrogens with one attached hydrogen (secondary N) is 1. The summed E-state index contributed by atoms with van der Waals surface area (Å²) in [6, 6.07) is 6.71. The molecule has 1 amide bonds. The lowest BCUT2D eigenvalue weighted by molar-refractivity contribution is -0.137. The van der Waals surface area contributed by atoms with Crippen LogP contribution in [0.2, 0.25) is 5.02 Å². The largest absolute Gasteiger partial charge is 0.481 e. The minimum atomic E-state index is -1.05. The monoisotopic (exact) mass is 375 g/mol. The van der Waals surface area contributed by atoms with Gasteiger partial charge in [-0.25, -0.2) is 4.68 Å².